The van der Waals surface area contributed by atoms with Crippen LogP contribution in [0.2, 0.25) is 0 Å². The predicted octanol–water partition coefficient (Wildman–Crippen LogP) is 4.31. The molecule has 1 aromatic carbocycles. The SMILES string of the molecule is Cc1cc(NC(=O)C(=O)N2CCCC[C@H]2c2ccc3[nH]ncc3c2)cnc1NC(=O)OC(C)(C)C. The molecule has 0 unspecified atom stereocenters. The molecular formula is C25H30N6O4. The van der Waals surface area contributed by atoms with Crippen LogP contribution in [0.1, 0.15) is 57.2 Å². The smallest absolute Gasteiger partial charge is 0.413 e. The Morgan fingerprint density at radius 2 is 1.91 bits per heavy atom. The van der Waals surface area contributed by atoms with Gasteiger partial charge in [-0.05, 0) is 76.3 Å². The van der Waals surface area contributed by atoms with E-state index < -0.39 is 23.5 Å². The van der Waals surface area contributed by atoms with Crippen molar-refractivity contribution >= 4 is 40.3 Å². The van der Waals surface area contributed by atoms with Crippen molar-refractivity contribution in [1.29, 1.82) is 0 Å². The van der Waals surface area contributed by atoms with Crippen LogP contribution in [0, 0.1) is 6.92 Å². The van der Waals surface area contributed by atoms with Gasteiger partial charge in [-0.15, -0.1) is 0 Å². The molecular weight excluding hydrogens is 448 g/mol. The van der Waals surface area contributed by atoms with Crippen molar-refractivity contribution in [3.05, 3.63) is 47.8 Å². The Hall–Kier alpha value is -3.95. The molecule has 3 N–H and O–H groups in total. The van der Waals surface area contributed by atoms with Crippen molar-refractivity contribution in [2.45, 2.75) is 58.6 Å². The number of aryl methyl sites for hydroxylation is 1. The van der Waals surface area contributed by atoms with Crippen LogP contribution in [0.3, 0.4) is 0 Å². The number of piperidine rings is 1. The standard InChI is InChI=1S/C25H30N6O4/c1-15-11-18(14-26-21(15)29-24(34)35-25(2,3)4)28-22(32)23(33)31-10-6-5-7-20(31)16-8-9-19-17(12-16)13-27-30-19/h8-9,11-14,20H,5-7,10H2,1-4H3,(H,27,30)(H,28,32)(H,26,29,34)/t20-/m0/s1. The van der Waals surface area contributed by atoms with Crippen LogP contribution in [0.25, 0.3) is 10.9 Å². The van der Waals surface area contributed by atoms with E-state index in [1.807, 2.05) is 18.2 Å². The maximum absolute atomic E-state index is 13.1. The minimum Gasteiger partial charge on any atom is -0.444 e. The number of carbonyl (C=O) groups is 3. The first-order valence-electron chi connectivity index (χ1n) is 11.6. The first-order valence-corrected chi connectivity index (χ1v) is 11.6. The molecule has 4 rings (SSSR count). The number of nitrogens with zero attached hydrogens (tertiary/aromatic N) is 3. The number of anilines is 2. The number of H-pyrrole nitrogens is 1. The molecule has 1 saturated heterocycles. The zero-order chi connectivity index (χ0) is 25.2. The Balaban J connectivity index is 1.44. The topological polar surface area (TPSA) is 129 Å². The lowest BCUT2D eigenvalue weighted by Gasteiger charge is -2.35. The van der Waals surface area contributed by atoms with Crippen LogP contribution >= 0.6 is 0 Å². The molecule has 10 nitrogen and oxygen atoms in total. The van der Waals surface area contributed by atoms with Gasteiger partial charge in [-0.25, -0.2) is 9.78 Å². The quantitative estimate of drug-likeness (QED) is 0.481. The number of benzene rings is 1. The van der Waals surface area contributed by atoms with E-state index in [4.69, 9.17) is 4.74 Å². The molecule has 184 valence electrons. The zero-order valence-electron chi connectivity index (χ0n) is 20.3. The van der Waals surface area contributed by atoms with Crippen LogP contribution in [0.4, 0.5) is 16.3 Å². The van der Waals surface area contributed by atoms with E-state index in [-0.39, 0.29) is 6.04 Å². The van der Waals surface area contributed by atoms with Gasteiger partial charge in [-0.2, -0.15) is 5.10 Å². The number of ether oxygens (including phenoxy) is 1. The average Bonchev–Trinajstić information content (AvgIpc) is 3.27. The van der Waals surface area contributed by atoms with E-state index in [1.54, 1.807) is 44.9 Å². The molecule has 3 amide bonds. The van der Waals surface area contributed by atoms with Crippen molar-refractivity contribution in [3.63, 3.8) is 0 Å². The number of hydrogen-bond donors (Lipinski definition) is 3. The second-order valence-electron chi connectivity index (χ2n) is 9.70. The Kier molecular flexibility index (Phi) is 6.72. The minimum absolute atomic E-state index is 0.179. The lowest BCUT2D eigenvalue weighted by molar-refractivity contribution is -0.145. The monoisotopic (exact) mass is 478 g/mol. The maximum atomic E-state index is 13.1. The molecule has 1 aliphatic rings. The molecule has 3 aromatic rings. The summed E-state index contributed by atoms with van der Waals surface area (Å²) in [6.07, 6.45) is 5.13. The van der Waals surface area contributed by atoms with Gasteiger partial charge in [-0.1, -0.05) is 6.07 Å². The van der Waals surface area contributed by atoms with Crippen molar-refractivity contribution in [1.82, 2.24) is 20.1 Å². The van der Waals surface area contributed by atoms with E-state index in [0.29, 0.717) is 23.6 Å². The van der Waals surface area contributed by atoms with Crippen molar-refractivity contribution in [2.75, 3.05) is 17.2 Å². The summed E-state index contributed by atoms with van der Waals surface area (Å²) in [7, 11) is 0. The molecule has 0 spiro atoms. The molecule has 0 saturated carbocycles. The largest absolute Gasteiger partial charge is 0.444 e. The van der Waals surface area contributed by atoms with E-state index in [0.717, 1.165) is 35.7 Å². The summed E-state index contributed by atoms with van der Waals surface area (Å²) in [6.45, 7) is 7.56. The number of carbonyl (C=O) groups excluding carboxylic acids is 3. The summed E-state index contributed by atoms with van der Waals surface area (Å²) < 4.78 is 5.24. The minimum atomic E-state index is -0.727. The highest BCUT2D eigenvalue weighted by Crippen LogP contribution is 2.32. The third kappa shape index (κ3) is 5.76. The van der Waals surface area contributed by atoms with Gasteiger partial charge in [0.2, 0.25) is 0 Å². The van der Waals surface area contributed by atoms with Crippen molar-refractivity contribution in [3.8, 4) is 0 Å². The number of amides is 3. The molecule has 0 bridgehead atoms. The van der Waals surface area contributed by atoms with Gasteiger partial charge >= 0.3 is 17.9 Å². The molecule has 1 fully saturated rings. The highest BCUT2D eigenvalue weighted by Gasteiger charge is 2.32. The molecule has 35 heavy (non-hydrogen) atoms. The van der Waals surface area contributed by atoms with E-state index in [2.05, 4.69) is 25.8 Å². The van der Waals surface area contributed by atoms with Crippen LogP contribution < -0.4 is 10.6 Å². The number of hydrogen-bond acceptors (Lipinski definition) is 6. The Labute approximate surface area is 203 Å². The number of likely N-dealkylation sites (tertiary alicyclic amines) is 1. The van der Waals surface area contributed by atoms with Crippen molar-refractivity contribution in [2.24, 2.45) is 0 Å². The zero-order valence-corrected chi connectivity index (χ0v) is 20.3. The van der Waals surface area contributed by atoms with Gasteiger partial charge in [0.05, 0.1) is 29.6 Å². The molecule has 1 atom stereocenters. The van der Waals surface area contributed by atoms with Crippen LogP contribution in [0.15, 0.2) is 36.7 Å². The lowest BCUT2D eigenvalue weighted by Crippen LogP contribution is -2.44. The summed E-state index contributed by atoms with van der Waals surface area (Å²) in [5, 5.41) is 13.2. The molecule has 1 aliphatic heterocycles. The molecule has 0 radical (unpaired) electrons. The number of rotatable bonds is 3. The molecule has 10 heteroatoms. The van der Waals surface area contributed by atoms with E-state index >= 15 is 0 Å². The second kappa shape index (κ2) is 9.73. The van der Waals surface area contributed by atoms with Crippen molar-refractivity contribution < 1.29 is 19.1 Å². The number of nitrogens with one attached hydrogen (secondary N) is 3. The number of aromatic nitrogens is 3. The van der Waals surface area contributed by atoms with Gasteiger partial charge < -0.3 is 15.0 Å². The average molecular weight is 479 g/mol. The summed E-state index contributed by atoms with van der Waals surface area (Å²) in [4.78, 5) is 43.8. The third-order valence-electron chi connectivity index (χ3n) is 5.76. The highest BCUT2D eigenvalue weighted by molar-refractivity contribution is 6.39. The summed E-state index contributed by atoms with van der Waals surface area (Å²) in [6, 6.07) is 7.39. The fourth-order valence-electron chi connectivity index (χ4n) is 4.18. The first kappa shape index (κ1) is 24.2. The second-order valence-corrected chi connectivity index (χ2v) is 9.70. The highest BCUT2D eigenvalue weighted by atomic mass is 16.6. The van der Waals surface area contributed by atoms with Crippen LogP contribution in [-0.4, -0.2) is 50.1 Å². The third-order valence-corrected chi connectivity index (χ3v) is 5.76. The molecule has 3 heterocycles. The Bertz CT molecular complexity index is 1260. The van der Waals surface area contributed by atoms with Gasteiger partial charge in [0.1, 0.15) is 11.4 Å². The first-order chi connectivity index (χ1) is 16.6. The summed E-state index contributed by atoms with van der Waals surface area (Å²) >= 11 is 0. The van der Waals surface area contributed by atoms with Gasteiger partial charge in [0.15, 0.2) is 0 Å². The Morgan fingerprint density at radius 3 is 2.66 bits per heavy atom. The number of aromatic amines is 1. The fraction of sp³-hybridized carbons (Fsp3) is 0.400. The Morgan fingerprint density at radius 1 is 1.11 bits per heavy atom. The maximum Gasteiger partial charge on any atom is 0.413 e. The van der Waals surface area contributed by atoms with Gasteiger partial charge in [0.25, 0.3) is 0 Å². The summed E-state index contributed by atoms with van der Waals surface area (Å²) in [5.41, 5.74) is 2.25. The molecule has 2 aromatic heterocycles. The fourth-order valence-corrected chi connectivity index (χ4v) is 4.18. The van der Waals surface area contributed by atoms with E-state index in [1.165, 1.54) is 6.20 Å². The summed E-state index contributed by atoms with van der Waals surface area (Å²) in [5.74, 6) is -1.000. The van der Waals surface area contributed by atoms with Gasteiger partial charge in [0, 0.05) is 11.9 Å². The van der Waals surface area contributed by atoms with E-state index in [9.17, 15) is 14.4 Å². The molecule has 0 aliphatic carbocycles. The van der Waals surface area contributed by atoms with Crippen LogP contribution in [0.5, 0.6) is 0 Å². The normalized spacial score (nSPS) is 16.1. The predicted molar refractivity (Wildman–Crippen MR) is 132 cm³/mol. The van der Waals surface area contributed by atoms with Gasteiger partial charge in [-0.3, -0.25) is 20.0 Å². The van der Waals surface area contributed by atoms with Crippen LogP contribution in [-0.2, 0) is 14.3 Å². The number of fused-ring (bicyclic) bond motifs is 1. The lowest BCUT2D eigenvalue weighted by atomic mass is 9.94. The number of pyridine rings is 1.